The molecule has 21 heavy (non-hydrogen) atoms. The van der Waals surface area contributed by atoms with Crippen LogP contribution in [-0.4, -0.2) is 18.3 Å². The fraction of sp³-hybridized carbons (Fsp3) is 0.667. The zero-order valence-corrected chi connectivity index (χ0v) is 14.2. The third-order valence-electron chi connectivity index (χ3n) is 5.09. The second-order valence-electron chi connectivity index (χ2n) is 7.22. The molecule has 0 unspecified atom stereocenters. The van der Waals surface area contributed by atoms with Gasteiger partial charge in [-0.25, -0.2) is 0 Å². The highest BCUT2D eigenvalue weighted by molar-refractivity contribution is 6.45. The monoisotopic (exact) mass is 288 g/mol. The van der Waals surface area contributed by atoms with Crippen LogP contribution in [0.3, 0.4) is 0 Å². The molecule has 1 atom stereocenters. The van der Waals surface area contributed by atoms with Gasteiger partial charge < -0.3 is 9.31 Å². The van der Waals surface area contributed by atoms with Gasteiger partial charge in [-0.2, -0.15) is 0 Å². The van der Waals surface area contributed by atoms with Crippen LogP contribution in [0, 0.1) is 5.92 Å². The van der Waals surface area contributed by atoms with E-state index < -0.39 is 0 Å². The summed E-state index contributed by atoms with van der Waals surface area (Å²) < 4.78 is 12.3. The summed E-state index contributed by atoms with van der Waals surface area (Å²) in [6.45, 7) is 10.8. The van der Waals surface area contributed by atoms with Crippen molar-refractivity contribution in [3.05, 3.63) is 35.9 Å². The highest BCUT2D eigenvalue weighted by Crippen LogP contribution is 2.39. The fourth-order valence-corrected chi connectivity index (χ4v) is 2.84. The smallest absolute Gasteiger partial charge is 0.403 e. The van der Waals surface area contributed by atoms with E-state index in [1.165, 1.54) is 18.4 Å². The van der Waals surface area contributed by atoms with Crippen LogP contribution in [0.1, 0.15) is 53.0 Å². The lowest BCUT2D eigenvalue weighted by atomic mass is 9.74. The van der Waals surface area contributed by atoms with Gasteiger partial charge in [0.2, 0.25) is 0 Å². The van der Waals surface area contributed by atoms with Gasteiger partial charge in [0, 0.05) is 0 Å². The minimum Gasteiger partial charge on any atom is -0.403 e. The topological polar surface area (TPSA) is 18.5 Å². The predicted octanol–water partition coefficient (Wildman–Crippen LogP) is 4.74. The summed E-state index contributed by atoms with van der Waals surface area (Å²) in [5.74, 6) is 0.653. The third kappa shape index (κ3) is 4.11. The van der Waals surface area contributed by atoms with Gasteiger partial charge in [-0.05, 0) is 58.3 Å². The first-order valence-corrected chi connectivity index (χ1v) is 8.23. The van der Waals surface area contributed by atoms with Crippen LogP contribution in [0.15, 0.2) is 30.3 Å². The number of benzene rings is 1. The summed E-state index contributed by atoms with van der Waals surface area (Å²) in [4.78, 5) is 0. The second-order valence-corrected chi connectivity index (χ2v) is 7.22. The Balaban J connectivity index is 1.86. The van der Waals surface area contributed by atoms with Crippen molar-refractivity contribution in [1.29, 1.82) is 0 Å². The largest absolute Gasteiger partial charge is 0.458 e. The standard InChI is InChI=1S/C18H29BO2/c1-6-15(12-13-16-10-8-7-9-11-16)14-19-20-17(2,3)18(4,5)21-19/h7-11,15H,6,12-14H2,1-5H3/t15-/m0/s1. The van der Waals surface area contributed by atoms with Gasteiger partial charge in [-0.3, -0.25) is 0 Å². The molecule has 1 saturated heterocycles. The van der Waals surface area contributed by atoms with Gasteiger partial charge in [0.25, 0.3) is 0 Å². The molecule has 1 aliphatic rings. The Morgan fingerprint density at radius 3 is 2.10 bits per heavy atom. The highest BCUT2D eigenvalue weighted by atomic mass is 16.7. The van der Waals surface area contributed by atoms with Crippen molar-refractivity contribution in [1.82, 2.24) is 0 Å². The Bertz CT molecular complexity index is 426. The van der Waals surface area contributed by atoms with Crippen LogP contribution in [0.25, 0.3) is 0 Å². The Morgan fingerprint density at radius 1 is 1.00 bits per heavy atom. The van der Waals surface area contributed by atoms with Crippen molar-refractivity contribution in [3.63, 3.8) is 0 Å². The predicted molar refractivity (Wildman–Crippen MR) is 89.4 cm³/mol. The highest BCUT2D eigenvalue weighted by Gasteiger charge is 2.51. The molecule has 0 aliphatic carbocycles. The summed E-state index contributed by atoms with van der Waals surface area (Å²) in [6, 6.07) is 10.7. The maximum atomic E-state index is 6.13. The molecule has 2 nitrogen and oxygen atoms in total. The van der Waals surface area contributed by atoms with E-state index >= 15 is 0 Å². The summed E-state index contributed by atoms with van der Waals surface area (Å²) in [7, 11) is -0.0595. The van der Waals surface area contributed by atoms with Crippen molar-refractivity contribution >= 4 is 7.12 Å². The van der Waals surface area contributed by atoms with Crippen LogP contribution in [0.5, 0.6) is 0 Å². The average Bonchev–Trinajstić information content (AvgIpc) is 2.63. The van der Waals surface area contributed by atoms with Crippen molar-refractivity contribution in [3.8, 4) is 0 Å². The van der Waals surface area contributed by atoms with Gasteiger partial charge in [0.15, 0.2) is 0 Å². The van der Waals surface area contributed by atoms with E-state index in [-0.39, 0.29) is 18.3 Å². The molecule has 1 fully saturated rings. The Labute approximate surface area is 130 Å². The molecule has 0 N–H and O–H groups in total. The molecule has 0 radical (unpaired) electrons. The van der Waals surface area contributed by atoms with Crippen LogP contribution in [0.4, 0.5) is 0 Å². The van der Waals surface area contributed by atoms with E-state index in [0.717, 1.165) is 12.7 Å². The van der Waals surface area contributed by atoms with E-state index in [2.05, 4.69) is 65.0 Å². The second kappa shape index (κ2) is 6.54. The van der Waals surface area contributed by atoms with Gasteiger partial charge in [0.05, 0.1) is 11.2 Å². The number of hydrogen-bond acceptors (Lipinski definition) is 2. The molecule has 3 heteroatoms. The Morgan fingerprint density at radius 2 is 1.57 bits per heavy atom. The molecule has 0 aromatic heterocycles. The summed E-state index contributed by atoms with van der Waals surface area (Å²) in [5, 5.41) is 0. The Hall–Kier alpha value is -0.795. The van der Waals surface area contributed by atoms with Gasteiger partial charge in [-0.15, -0.1) is 0 Å². The maximum absolute atomic E-state index is 6.13. The number of aryl methyl sites for hydroxylation is 1. The van der Waals surface area contributed by atoms with Crippen molar-refractivity contribution in [2.75, 3.05) is 0 Å². The molecular formula is C18H29BO2. The van der Waals surface area contributed by atoms with Gasteiger partial charge in [-0.1, -0.05) is 43.7 Å². The molecule has 0 amide bonds. The number of hydrogen-bond donors (Lipinski definition) is 0. The zero-order valence-electron chi connectivity index (χ0n) is 14.2. The summed E-state index contributed by atoms with van der Waals surface area (Å²) in [5.41, 5.74) is 0.995. The van der Waals surface area contributed by atoms with E-state index in [1.54, 1.807) is 0 Å². The molecule has 0 saturated carbocycles. The molecule has 1 aromatic carbocycles. The zero-order chi connectivity index (χ0) is 15.5. The SMILES string of the molecule is CC[C@@H](CCc1ccccc1)CB1OC(C)(C)C(C)(C)O1. The molecule has 0 bridgehead atoms. The first kappa shape index (κ1) is 16.6. The van der Waals surface area contributed by atoms with E-state index in [4.69, 9.17) is 9.31 Å². The van der Waals surface area contributed by atoms with Crippen molar-refractivity contribution in [2.45, 2.75) is 71.4 Å². The normalized spacial score (nSPS) is 21.5. The average molecular weight is 288 g/mol. The van der Waals surface area contributed by atoms with Crippen LogP contribution in [-0.2, 0) is 15.7 Å². The fourth-order valence-electron chi connectivity index (χ4n) is 2.84. The minimum atomic E-state index is -0.213. The molecule has 1 heterocycles. The minimum absolute atomic E-state index is 0.0595. The lowest BCUT2D eigenvalue weighted by Crippen LogP contribution is -2.41. The molecular weight excluding hydrogens is 259 g/mol. The first-order chi connectivity index (χ1) is 9.84. The molecule has 0 spiro atoms. The number of rotatable bonds is 6. The van der Waals surface area contributed by atoms with E-state index in [1.807, 2.05) is 0 Å². The van der Waals surface area contributed by atoms with Gasteiger partial charge >= 0.3 is 7.12 Å². The van der Waals surface area contributed by atoms with E-state index in [0.29, 0.717) is 5.92 Å². The lowest BCUT2D eigenvalue weighted by molar-refractivity contribution is 0.00578. The van der Waals surface area contributed by atoms with Gasteiger partial charge in [0.1, 0.15) is 0 Å². The van der Waals surface area contributed by atoms with Crippen LogP contribution >= 0.6 is 0 Å². The Kier molecular flexibility index (Phi) is 5.16. The summed E-state index contributed by atoms with van der Waals surface area (Å²) >= 11 is 0. The van der Waals surface area contributed by atoms with E-state index in [9.17, 15) is 0 Å². The first-order valence-electron chi connectivity index (χ1n) is 8.23. The van der Waals surface area contributed by atoms with Crippen LogP contribution in [0.2, 0.25) is 6.32 Å². The lowest BCUT2D eigenvalue weighted by Gasteiger charge is -2.32. The molecule has 1 aliphatic heterocycles. The molecule has 1 aromatic rings. The van der Waals surface area contributed by atoms with Crippen molar-refractivity contribution in [2.24, 2.45) is 5.92 Å². The third-order valence-corrected chi connectivity index (χ3v) is 5.09. The maximum Gasteiger partial charge on any atom is 0.458 e. The van der Waals surface area contributed by atoms with Crippen LogP contribution < -0.4 is 0 Å². The summed E-state index contributed by atoms with van der Waals surface area (Å²) in [6.07, 6.45) is 4.51. The van der Waals surface area contributed by atoms with Crippen molar-refractivity contribution < 1.29 is 9.31 Å². The quantitative estimate of drug-likeness (QED) is 0.704. The molecule has 2 rings (SSSR count). The molecule has 116 valence electrons.